The lowest BCUT2D eigenvalue weighted by Gasteiger charge is -2.43. The van der Waals surface area contributed by atoms with Crippen LogP contribution in [-0.4, -0.2) is 61.2 Å². The van der Waals surface area contributed by atoms with Crippen molar-refractivity contribution in [2.24, 2.45) is 0 Å². The molecule has 1 rings (SSSR count). The Labute approximate surface area is 152 Å². The van der Waals surface area contributed by atoms with Gasteiger partial charge in [0, 0.05) is 27.7 Å². The maximum Gasteiger partial charge on any atom is 0.303 e. The van der Waals surface area contributed by atoms with Crippen molar-refractivity contribution in [3.63, 3.8) is 0 Å². The molecule has 0 aromatic carbocycles. The van der Waals surface area contributed by atoms with Gasteiger partial charge in [0.15, 0.2) is 18.3 Å². The van der Waals surface area contributed by atoms with E-state index in [1.807, 2.05) is 0 Å². The Morgan fingerprint density at radius 3 is 1.72 bits per heavy atom. The molecule has 0 saturated carbocycles. The summed E-state index contributed by atoms with van der Waals surface area (Å²) in [5, 5.41) is 0. The van der Waals surface area contributed by atoms with Crippen molar-refractivity contribution in [3.8, 4) is 0 Å². The third kappa shape index (κ3) is 6.59. The van der Waals surface area contributed by atoms with Gasteiger partial charge >= 0.3 is 23.9 Å². The van der Waals surface area contributed by atoms with Gasteiger partial charge in [-0.3, -0.25) is 23.0 Å². The Bertz CT molecular complexity index is 522. The van der Waals surface area contributed by atoms with Gasteiger partial charge in [-0.25, -0.2) is 0 Å². The van der Waals surface area contributed by atoms with Crippen LogP contribution in [0, 0.1) is 0 Å². The zero-order valence-corrected chi connectivity index (χ0v) is 15.6. The monoisotopic (exact) mass is 426 g/mol. The van der Waals surface area contributed by atoms with E-state index in [0.717, 1.165) is 20.8 Å². The molecule has 1 heterocycles. The van der Waals surface area contributed by atoms with Crippen molar-refractivity contribution in [3.05, 3.63) is 0 Å². The highest BCUT2D eigenvalue weighted by Gasteiger charge is 2.52. The highest BCUT2D eigenvalue weighted by molar-refractivity contribution is 9.06. The van der Waals surface area contributed by atoms with E-state index in [1.165, 1.54) is 6.92 Å². The van der Waals surface area contributed by atoms with E-state index in [4.69, 9.17) is 27.5 Å². The van der Waals surface area contributed by atoms with Gasteiger partial charge in [-0.2, -0.15) is 0 Å². The molecule has 5 atom stereocenters. The number of esters is 4. The minimum Gasteiger partial charge on any atom is -0.463 e. The zero-order chi connectivity index (χ0) is 19.1. The van der Waals surface area contributed by atoms with Crippen LogP contribution < -0.4 is 0 Å². The summed E-state index contributed by atoms with van der Waals surface area (Å²) in [6.07, 6.45) is -5.88. The van der Waals surface area contributed by atoms with Crippen LogP contribution in [0.1, 0.15) is 27.7 Å². The highest BCUT2D eigenvalue weighted by Crippen LogP contribution is 2.30. The van der Waals surface area contributed by atoms with Crippen molar-refractivity contribution in [2.75, 3.05) is 6.61 Å². The molecule has 0 N–H and O–H groups in total. The number of halogens is 1. The fourth-order valence-electron chi connectivity index (χ4n) is 2.26. The summed E-state index contributed by atoms with van der Waals surface area (Å²) in [6.45, 7) is 4.30. The van der Waals surface area contributed by atoms with Crippen molar-refractivity contribution in [1.29, 1.82) is 0 Å². The molecule has 0 bridgehead atoms. The number of rotatable bonds is 6. The predicted octanol–water partition coefficient (Wildman–Crippen LogP) is 0.396. The van der Waals surface area contributed by atoms with E-state index < -0.39 is 54.6 Å². The smallest absolute Gasteiger partial charge is 0.303 e. The minimum absolute atomic E-state index is 0.301. The molecular formula is C14H19BrO10. The molecule has 0 aliphatic carbocycles. The summed E-state index contributed by atoms with van der Waals surface area (Å²) in [6, 6.07) is 0. The second kappa shape index (κ2) is 9.68. The third-order valence-electron chi connectivity index (χ3n) is 3.04. The molecule has 0 unspecified atom stereocenters. The fourth-order valence-corrected chi connectivity index (χ4v) is 2.56. The number of hydrogen-bond acceptors (Lipinski definition) is 10. The van der Waals surface area contributed by atoms with E-state index in [0.29, 0.717) is 0 Å². The minimum atomic E-state index is -1.23. The first kappa shape index (κ1) is 21.3. The molecule has 0 amide bonds. The third-order valence-corrected chi connectivity index (χ3v) is 3.40. The number of hydrogen-bond donors (Lipinski definition) is 0. The SMILES string of the molecule is CC(=O)OC[C@H]1O[C@@H](OBr)[C@H](OC(C)=O)[C@@H](OC(C)=O)[C@H]1OC(C)=O. The molecule has 0 aromatic heterocycles. The van der Waals surface area contributed by atoms with E-state index in [-0.39, 0.29) is 6.61 Å². The number of carbonyl (C=O) groups is 4. The van der Waals surface area contributed by atoms with Gasteiger partial charge in [0.2, 0.25) is 6.29 Å². The molecule has 1 aliphatic rings. The first-order chi connectivity index (χ1) is 11.6. The van der Waals surface area contributed by atoms with E-state index in [9.17, 15) is 19.2 Å². The van der Waals surface area contributed by atoms with Crippen LogP contribution in [0.4, 0.5) is 0 Å². The quantitative estimate of drug-likeness (QED) is 0.435. The molecule has 1 fully saturated rings. The molecule has 0 aromatic rings. The average Bonchev–Trinajstić information content (AvgIpc) is 2.48. The van der Waals surface area contributed by atoms with Crippen molar-refractivity contribution in [1.82, 2.24) is 0 Å². The Balaban J connectivity index is 3.18. The van der Waals surface area contributed by atoms with Crippen LogP contribution in [0.3, 0.4) is 0 Å². The molecule has 142 valence electrons. The first-order valence-electron chi connectivity index (χ1n) is 7.23. The van der Waals surface area contributed by atoms with Gasteiger partial charge in [0.1, 0.15) is 29.0 Å². The summed E-state index contributed by atoms with van der Waals surface area (Å²) in [4.78, 5) is 45.3. The summed E-state index contributed by atoms with van der Waals surface area (Å²) >= 11 is 2.74. The molecule has 0 radical (unpaired) electrons. The van der Waals surface area contributed by atoms with Crippen molar-refractivity contribution in [2.45, 2.75) is 58.4 Å². The van der Waals surface area contributed by atoms with Gasteiger partial charge in [-0.15, -0.1) is 0 Å². The largest absolute Gasteiger partial charge is 0.463 e. The molecule has 11 heteroatoms. The zero-order valence-electron chi connectivity index (χ0n) is 14.1. The molecule has 10 nitrogen and oxygen atoms in total. The maximum atomic E-state index is 11.5. The topological polar surface area (TPSA) is 124 Å². The average molecular weight is 427 g/mol. The Morgan fingerprint density at radius 1 is 0.800 bits per heavy atom. The number of ether oxygens (including phenoxy) is 5. The first-order valence-corrected chi connectivity index (χ1v) is 7.88. The molecule has 1 aliphatic heterocycles. The molecule has 1 saturated heterocycles. The standard InChI is InChI=1S/C14H19BrO10/c1-6(16)20-5-10-11(21-7(2)17)12(22-8(3)18)13(23-9(4)19)14(24-10)25-15/h10-14H,5H2,1-4H3/t10-,11+,12+,13-,14+/m1/s1. The van der Waals surface area contributed by atoms with Gasteiger partial charge in [-0.05, 0) is 0 Å². The lowest BCUT2D eigenvalue weighted by Crippen LogP contribution is -2.62. The van der Waals surface area contributed by atoms with Crippen LogP contribution in [0.15, 0.2) is 0 Å². The van der Waals surface area contributed by atoms with Gasteiger partial charge in [-0.1, -0.05) is 0 Å². The second-order valence-electron chi connectivity index (χ2n) is 5.16. The van der Waals surface area contributed by atoms with Gasteiger partial charge in [0.05, 0.1) is 0 Å². The lowest BCUT2D eigenvalue weighted by atomic mass is 9.98. The van der Waals surface area contributed by atoms with E-state index in [2.05, 4.69) is 16.3 Å². The van der Waals surface area contributed by atoms with Crippen LogP contribution in [0.25, 0.3) is 0 Å². The van der Waals surface area contributed by atoms with Crippen LogP contribution in [-0.2, 0) is 46.7 Å². The van der Waals surface area contributed by atoms with E-state index in [1.54, 1.807) is 0 Å². The Morgan fingerprint density at radius 2 is 1.28 bits per heavy atom. The second-order valence-corrected chi connectivity index (χ2v) is 5.53. The Kier molecular flexibility index (Phi) is 8.26. The Hall–Kier alpha value is -1.72. The van der Waals surface area contributed by atoms with Crippen molar-refractivity contribution >= 4 is 40.1 Å². The number of carbonyl (C=O) groups excluding carboxylic acids is 4. The van der Waals surface area contributed by atoms with Crippen molar-refractivity contribution < 1.29 is 46.7 Å². The molecule has 0 spiro atoms. The lowest BCUT2D eigenvalue weighted by molar-refractivity contribution is -0.284. The highest BCUT2D eigenvalue weighted by atomic mass is 79.9. The predicted molar refractivity (Wildman–Crippen MR) is 82.0 cm³/mol. The summed E-state index contributed by atoms with van der Waals surface area (Å²) in [5.41, 5.74) is 0. The molecule has 25 heavy (non-hydrogen) atoms. The summed E-state index contributed by atoms with van der Waals surface area (Å²) < 4.78 is 30.8. The fraction of sp³-hybridized carbons (Fsp3) is 0.714. The van der Waals surface area contributed by atoms with Crippen LogP contribution in [0.5, 0.6) is 0 Å². The van der Waals surface area contributed by atoms with E-state index >= 15 is 0 Å². The summed E-state index contributed by atoms with van der Waals surface area (Å²) in [5.74, 6) is -2.69. The maximum absolute atomic E-state index is 11.5. The van der Waals surface area contributed by atoms with Crippen LogP contribution >= 0.6 is 16.3 Å². The van der Waals surface area contributed by atoms with Crippen LogP contribution in [0.2, 0.25) is 0 Å². The normalized spacial score (nSPS) is 28.6. The van der Waals surface area contributed by atoms with Gasteiger partial charge < -0.3 is 23.7 Å². The van der Waals surface area contributed by atoms with Gasteiger partial charge in [0.25, 0.3) is 0 Å². The summed E-state index contributed by atoms with van der Waals surface area (Å²) in [7, 11) is 0. The molecular weight excluding hydrogens is 408 g/mol.